The van der Waals surface area contributed by atoms with Crippen LogP contribution in [0.2, 0.25) is 0 Å². The van der Waals surface area contributed by atoms with Gasteiger partial charge in [0, 0.05) is 6.42 Å². The molecular formula is C11H14O3. The third kappa shape index (κ3) is 2.76. The van der Waals surface area contributed by atoms with E-state index in [1.54, 1.807) is 12.2 Å². The van der Waals surface area contributed by atoms with Crippen molar-refractivity contribution in [3.63, 3.8) is 0 Å². The summed E-state index contributed by atoms with van der Waals surface area (Å²) in [6.45, 7) is 3.79. The molecule has 0 atom stereocenters. The molecule has 3 heteroatoms. The maximum Gasteiger partial charge on any atom is 0.313 e. The van der Waals surface area contributed by atoms with Crippen molar-refractivity contribution in [1.82, 2.24) is 0 Å². The molecule has 0 aromatic heterocycles. The number of ether oxygens (including phenoxy) is 1. The van der Waals surface area contributed by atoms with Gasteiger partial charge in [0.1, 0.15) is 0 Å². The standard InChI is InChI=1S/C11H14O3/c1-3-4-10(12)14-11(13)9-6-5-8(2)7-9/h5-7,13H,3-4H2,1-2H3. The number of hydrogen-bond donors (Lipinski definition) is 1. The highest BCUT2D eigenvalue weighted by molar-refractivity contribution is 5.70. The number of aliphatic hydroxyl groups excluding tert-OH is 1. The van der Waals surface area contributed by atoms with Crippen LogP contribution < -0.4 is 0 Å². The fourth-order valence-corrected chi connectivity index (χ4v) is 1.12. The number of esters is 1. The van der Waals surface area contributed by atoms with Crippen molar-refractivity contribution < 1.29 is 14.6 Å². The molecule has 1 aliphatic rings. The first-order chi connectivity index (χ1) is 6.63. The quantitative estimate of drug-likeness (QED) is 0.555. The molecule has 0 aromatic rings. The minimum atomic E-state index is -0.399. The second-order valence-corrected chi connectivity index (χ2v) is 3.21. The molecule has 1 N–H and O–H groups in total. The number of carbonyl (C=O) groups excluding carboxylic acids is 1. The van der Waals surface area contributed by atoms with Gasteiger partial charge in [-0.15, -0.1) is 0 Å². The highest BCUT2D eigenvalue weighted by Gasteiger charge is 2.10. The summed E-state index contributed by atoms with van der Waals surface area (Å²) < 4.78 is 4.72. The molecule has 0 fully saturated rings. The van der Waals surface area contributed by atoms with Crippen LogP contribution >= 0.6 is 0 Å². The van der Waals surface area contributed by atoms with Gasteiger partial charge in [-0.2, -0.15) is 0 Å². The minimum absolute atomic E-state index is 0.309. The third-order valence-electron chi connectivity index (χ3n) is 1.82. The number of aliphatic hydroxyl groups is 1. The van der Waals surface area contributed by atoms with Gasteiger partial charge >= 0.3 is 5.97 Å². The van der Waals surface area contributed by atoms with Crippen LogP contribution in [0, 0.1) is 0 Å². The normalized spacial score (nSPS) is 18.0. The van der Waals surface area contributed by atoms with Crippen molar-refractivity contribution in [1.29, 1.82) is 0 Å². The van der Waals surface area contributed by atoms with E-state index in [1.807, 2.05) is 19.9 Å². The molecule has 0 spiro atoms. The van der Waals surface area contributed by atoms with E-state index >= 15 is 0 Å². The van der Waals surface area contributed by atoms with Gasteiger partial charge in [0.25, 0.3) is 5.95 Å². The summed E-state index contributed by atoms with van der Waals surface area (Å²) in [4.78, 5) is 11.0. The highest BCUT2D eigenvalue weighted by Crippen LogP contribution is 2.17. The van der Waals surface area contributed by atoms with Gasteiger partial charge < -0.3 is 9.84 Å². The summed E-state index contributed by atoms with van der Waals surface area (Å²) in [5.41, 5.74) is 1.57. The molecule has 0 aliphatic heterocycles. The topological polar surface area (TPSA) is 46.5 Å². The first kappa shape index (κ1) is 10.6. The van der Waals surface area contributed by atoms with Crippen molar-refractivity contribution in [3.05, 3.63) is 35.3 Å². The molecule has 1 aliphatic carbocycles. The van der Waals surface area contributed by atoms with Gasteiger partial charge in [0.15, 0.2) is 0 Å². The molecule has 14 heavy (non-hydrogen) atoms. The number of carbonyl (C=O) groups is 1. The maximum absolute atomic E-state index is 11.0. The summed E-state index contributed by atoms with van der Waals surface area (Å²) in [5, 5.41) is 9.40. The Balaban J connectivity index is 2.62. The molecule has 0 radical (unpaired) electrons. The predicted octanol–water partition coefficient (Wildman–Crippen LogP) is 2.62. The van der Waals surface area contributed by atoms with E-state index in [0.29, 0.717) is 18.4 Å². The van der Waals surface area contributed by atoms with E-state index in [0.717, 1.165) is 5.57 Å². The molecular weight excluding hydrogens is 180 g/mol. The second kappa shape index (κ2) is 4.65. The maximum atomic E-state index is 11.0. The molecule has 0 bridgehead atoms. The molecule has 0 saturated carbocycles. The van der Waals surface area contributed by atoms with Crippen molar-refractivity contribution in [2.45, 2.75) is 26.7 Å². The SMILES string of the molecule is CCCC(=O)OC(O)=C1C=CC(C)=C1. The number of rotatable bonds is 3. The average molecular weight is 194 g/mol. The van der Waals surface area contributed by atoms with Gasteiger partial charge in [-0.05, 0) is 25.5 Å². The van der Waals surface area contributed by atoms with Crippen LogP contribution in [0.3, 0.4) is 0 Å². The van der Waals surface area contributed by atoms with E-state index < -0.39 is 5.97 Å². The average Bonchev–Trinajstić information content (AvgIpc) is 2.52. The predicted molar refractivity (Wildman–Crippen MR) is 53.6 cm³/mol. The van der Waals surface area contributed by atoms with E-state index in [-0.39, 0.29) is 5.95 Å². The molecule has 76 valence electrons. The Labute approximate surface area is 83.4 Å². The van der Waals surface area contributed by atoms with Crippen LogP contribution in [-0.2, 0) is 9.53 Å². The van der Waals surface area contributed by atoms with Crippen molar-refractivity contribution in [2.24, 2.45) is 0 Å². The van der Waals surface area contributed by atoms with Gasteiger partial charge in [-0.25, -0.2) is 0 Å². The zero-order chi connectivity index (χ0) is 10.6. The lowest BCUT2D eigenvalue weighted by Gasteiger charge is -2.02. The smallest absolute Gasteiger partial charge is 0.313 e. The van der Waals surface area contributed by atoms with Gasteiger partial charge in [-0.1, -0.05) is 18.6 Å². The number of allylic oxidation sites excluding steroid dienone is 5. The van der Waals surface area contributed by atoms with Crippen molar-refractivity contribution in [3.8, 4) is 0 Å². The van der Waals surface area contributed by atoms with Gasteiger partial charge in [0.05, 0.1) is 5.57 Å². The monoisotopic (exact) mass is 194 g/mol. The molecule has 3 nitrogen and oxygen atoms in total. The molecule has 0 heterocycles. The van der Waals surface area contributed by atoms with E-state index in [9.17, 15) is 9.90 Å². The third-order valence-corrected chi connectivity index (χ3v) is 1.82. The van der Waals surface area contributed by atoms with Crippen LogP contribution in [0.4, 0.5) is 0 Å². The molecule has 0 aromatic carbocycles. The van der Waals surface area contributed by atoms with Gasteiger partial charge in [-0.3, -0.25) is 4.79 Å². The second-order valence-electron chi connectivity index (χ2n) is 3.21. The lowest BCUT2D eigenvalue weighted by Crippen LogP contribution is -2.04. The summed E-state index contributed by atoms with van der Waals surface area (Å²) >= 11 is 0. The fourth-order valence-electron chi connectivity index (χ4n) is 1.12. The Morgan fingerprint density at radius 2 is 2.21 bits per heavy atom. The molecule has 0 saturated heterocycles. The van der Waals surface area contributed by atoms with E-state index in [1.165, 1.54) is 0 Å². The largest absolute Gasteiger partial charge is 0.480 e. The summed E-state index contributed by atoms with van der Waals surface area (Å²) in [7, 11) is 0. The zero-order valence-corrected chi connectivity index (χ0v) is 8.41. The Kier molecular flexibility index (Phi) is 3.51. The van der Waals surface area contributed by atoms with Crippen molar-refractivity contribution >= 4 is 5.97 Å². The highest BCUT2D eigenvalue weighted by atomic mass is 16.6. The fraction of sp³-hybridized carbons (Fsp3) is 0.364. The number of hydrogen-bond acceptors (Lipinski definition) is 3. The zero-order valence-electron chi connectivity index (χ0n) is 8.41. The Hall–Kier alpha value is -1.51. The van der Waals surface area contributed by atoms with Crippen LogP contribution in [0.15, 0.2) is 35.3 Å². The van der Waals surface area contributed by atoms with Crippen LogP contribution in [0.25, 0.3) is 0 Å². The molecule has 1 rings (SSSR count). The van der Waals surface area contributed by atoms with E-state index in [4.69, 9.17) is 4.74 Å². The van der Waals surface area contributed by atoms with Crippen LogP contribution in [0.5, 0.6) is 0 Å². The summed E-state index contributed by atoms with van der Waals surface area (Å²) in [6.07, 6.45) is 6.35. The van der Waals surface area contributed by atoms with Gasteiger partial charge in [0.2, 0.25) is 0 Å². The minimum Gasteiger partial charge on any atom is -0.480 e. The molecule has 0 unspecified atom stereocenters. The lowest BCUT2D eigenvalue weighted by atomic mass is 10.3. The van der Waals surface area contributed by atoms with E-state index in [2.05, 4.69) is 0 Å². The Morgan fingerprint density at radius 1 is 1.50 bits per heavy atom. The summed E-state index contributed by atoms with van der Waals surface area (Å²) in [5.74, 6) is -0.708. The Bertz CT molecular complexity index is 321. The Morgan fingerprint density at radius 3 is 2.71 bits per heavy atom. The lowest BCUT2D eigenvalue weighted by molar-refractivity contribution is -0.143. The van der Waals surface area contributed by atoms with Crippen LogP contribution in [-0.4, -0.2) is 11.1 Å². The summed E-state index contributed by atoms with van der Waals surface area (Å²) in [6, 6.07) is 0. The van der Waals surface area contributed by atoms with Crippen LogP contribution in [0.1, 0.15) is 26.7 Å². The van der Waals surface area contributed by atoms with Crippen molar-refractivity contribution in [2.75, 3.05) is 0 Å². The molecule has 0 amide bonds. The first-order valence-corrected chi connectivity index (χ1v) is 4.63. The first-order valence-electron chi connectivity index (χ1n) is 4.63.